The van der Waals surface area contributed by atoms with Crippen LogP contribution in [0.2, 0.25) is 0 Å². The summed E-state index contributed by atoms with van der Waals surface area (Å²) < 4.78 is 30.7. The molecule has 0 spiro atoms. The van der Waals surface area contributed by atoms with Gasteiger partial charge in [-0.25, -0.2) is 13.1 Å². The molecule has 0 saturated carbocycles. The molecular formula is C19H22N2O3S2. The molecule has 0 fully saturated rings. The summed E-state index contributed by atoms with van der Waals surface area (Å²) in [5.41, 5.74) is 2.76. The monoisotopic (exact) mass is 390 g/mol. The summed E-state index contributed by atoms with van der Waals surface area (Å²) in [6, 6.07) is 12.2. The molecule has 1 N–H and O–H groups in total. The van der Waals surface area contributed by atoms with Gasteiger partial charge in [-0.15, -0.1) is 0 Å². The number of aryl methyl sites for hydroxylation is 2. The standard InChI is InChI=1S/C19H22N2O3S2/c1-4-11-21-17-10-9-15(12-18(17)25-19(21)22)26(23,24)20-14(3)16-8-6-5-7-13(16)2/h5-10,12,14,20H,4,11H2,1-3H3/t14-/m0/s1. The number of hydrogen-bond acceptors (Lipinski definition) is 4. The zero-order chi connectivity index (χ0) is 18.9. The van der Waals surface area contributed by atoms with Crippen molar-refractivity contribution in [1.82, 2.24) is 9.29 Å². The van der Waals surface area contributed by atoms with E-state index >= 15 is 0 Å². The Kier molecular flexibility index (Phi) is 5.32. The minimum atomic E-state index is -3.69. The molecule has 0 aliphatic carbocycles. The summed E-state index contributed by atoms with van der Waals surface area (Å²) >= 11 is 1.08. The molecular weight excluding hydrogens is 368 g/mol. The van der Waals surface area contributed by atoms with Crippen LogP contribution in [0.3, 0.4) is 0 Å². The minimum absolute atomic E-state index is 0.0577. The predicted octanol–water partition coefficient (Wildman–Crippen LogP) is 3.82. The second-order valence-electron chi connectivity index (χ2n) is 6.35. The van der Waals surface area contributed by atoms with E-state index in [9.17, 15) is 13.2 Å². The molecule has 0 saturated heterocycles. The first-order valence-electron chi connectivity index (χ1n) is 8.54. The van der Waals surface area contributed by atoms with E-state index in [2.05, 4.69) is 4.72 Å². The molecule has 1 atom stereocenters. The first-order chi connectivity index (χ1) is 12.3. The van der Waals surface area contributed by atoms with Crippen molar-refractivity contribution in [3.63, 3.8) is 0 Å². The fourth-order valence-corrected chi connectivity index (χ4v) is 5.37. The molecule has 26 heavy (non-hydrogen) atoms. The predicted molar refractivity (Wildman–Crippen MR) is 106 cm³/mol. The lowest BCUT2D eigenvalue weighted by Crippen LogP contribution is -2.27. The van der Waals surface area contributed by atoms with Crippen LogP contribution in [-0.2, 0) is 16.6 Å². The van der Waals surface area contributed by atoms with Crippen molar-refractivity contribution in [3.8, 4) is 0 Å². The van der Waals surface area contributed by atoms with Gasteiger partial charge in [0, 0.05) is 12.6 Å². The number of benzene rings is 2. The number of hydrogen-bond donors (Lipinski definition) is 1. The van der Waals surface area contributed by atoms with E-state index < -0.39 is 10.0 Å². The molecule has 3 rings (SSSR count). The van der Waals surface area contributed by atoms with Crippen molar-refractivity contribution < 1.29 is 8.42 Å². The number of fused-ring (bicyclic) bond motifs is 1. The molecule has 0 aliphatic heterocycles. The van der Waals surface area contributed by atoms with Crippen LogP contribution in [0, 0.1) is 6.92 Å². The van der Waals surface area contributed by atoms with Gasteiger partial charge in [-0.1, -0.05) is 42.5 Å². The molecule has 0 radical (unpaired) electrons. The summed E-state index contributed by atoms with van der Waals surface area (Å²) in [5.74, 6) is 0. The molecule has 0 amide bonds. The number of nitrogens with one attached hydrogen (secondary N) is 1. The molecule has 138 valence electrons. The summed E-state index contributed by atoms with van der Waals surface area (Å²) in [7, 11) is -3.69. The Morgan fingerprint density at radius 1 is 1.19 bits per heavy atom. The largest absolute Gasteiger partial charge is 0.308 e. The van der Waals surface area contributed by atoms with Gasteiger partial charge in [0.1, 0.15) is 0 Å². The Bertz CT molecular complexity index is 1100. The van der Waals surface area contributed by atoms with E-state index in [1.807, 2.05) is 45.0 Å². The Morgan fingerprint density at radius 3 is 2.62 bits per heavy atom. The van der Waals surface area contributed by atoms with E-state index in [1.165, 1.54) is 0 Å². The van der Waals surface area contributed by atoms with Gasteiger partial charge in [-0.2, -0.15) is 0 Å². The first kappa shape index (κ1) is 18.8. The SMILES string of the molecule is CCCn1c(=O)sc2cc(S(=O)(=O)N[C@@H](C)c3ccccc3C)ccc21. The van der Waals surface area contributed by atoms with E-state index in [1.54, 1.807) is 22.8 Å². The molecule has 7 heteroatoms. The maximum atomic E-state index is 12.8. The average Bonchev–Trinajstić information content (AvgIpc) is 2.90. The number of aromatic nitrogens is 1. The van der Waals surface area contributed by atoms with Crippen LogP contribution in [-0.4, -0.2) is 13.0 Å². The molecule has 0 aliphatic rings. The minimum Gasteiger partial charge on any atom is -0.299 e. The third kappa shape index (κ3) is 3.60. The highest BCUT2D eigenvalue weighted by Crippen LogP contribution is 2.24. The van der Waals surface area contributed by atoms with Crippen molar-refractivity contribution in [2.75, 3.05) is 0 Å². The lowest BCUT2D eigenvalue weighted by atomic mass is 10.0. The van der Waals surface area contributed by atoms with Crippen LogP contribution in [0.4, 0.5) is 0 Å². The van der Waals surface area contributed by atoms with Crippen LogP contribution in [0.15, 0.2) is 52.2 Å². The first-order valence-corrected chi connectivity index (χ1v) is 10.8. The van der Waals surface area contributed by atoms with E-state index in [-0.39, 0.29) is 15.8 Å². The van der Waals surface area contributed by atoms with Gasteiger partial charge >= 0.3 is 4.87 Å². The second kappa shape index (κ2) is 7.34. The topological polar surface area (TPSA) is 68.2 Å². The van der Waals surface area contributed by atoms with Crippen molar-refractivity contribution in [2.45, 2.75) is 44.7 Å². The van der Waals surface area contributed by atoms with Gasteiger partial charge in [0.05, 0.1) is 15.1 Å². The third-order valence-electron chi connectivity index (χ3n) is 4.38. The lowest BCUT2D eigenvalue weighted by Gasteiger charge is -2.16. The Hall–Kier alpha value is -1.96. The Labute approximate surface area is 157 Å². The molecule has 3 aromatic rings. The van der Waals surface area contributed by atoms with Crippen molar-refractivity contribution >= 4 is 31.6 Å². The molecule has 5 nitrogen and oxygen atoms in total. The van der Waals surface area contributed by atoms with Gasteiger partial charge in [0.25, 0.3) is 0 Å². The Balaban J connectivity index is 1.94. The smallest absolute Gasteiger partial charge is 0.299 e. The highest BCUT2D eigenvalue weighted by atomic mass is 32.2. The van der Waals surface area contributed by atoms with Gasteiger partial charge in [-0.3, -0.25) is 9.36 Å². The highest BCUT2D eigenvalue weighted by Gasteiger charge is 2.20. The van der Waals surface area contributed by atoms with E-state index in [0.717, 1.165) is 34.4 Å². The van der Waals surface area contributed by atoms with Crippen molar-refractivity contribution in [1.29, 1.82) is 0 Å². The summed E-state index contributed by atoms with van der Waals surface area (Å²) in [4.78, 5) is 12.2. The second-order valence-corrected chi connectivity index (χ2v) is 9.06. The Morgan fingerprint density at radius 2 is 1.92 bits per heavy atom. The van der Waals surface area contributed by atoms with E-state index in [4.69, 9.17) is 0 Å². The maximum absolute atomic E-state index is 12.8. The average molecular weight is 391 g/mol. The van der Waals surface area contributed by atoms with Crippen molar-refractivity contribution in [2.24, 2.45) is 0 Å². The number of sulfonamides is 1. The molecule has 2 aromatic carbocycles. The third-order valence-corrected chi connectivity index (χ3v) is 6.86. The number of nitrogens with zero attached hydrogens (tertiary/aromatic N) is 1. The number of rotatable bonds is 6. The zero-order valence-electron chi connectivity index (χ0n) is 15.0. The molecule has 0 bridgehead atoms. The maximum Gasteiger partial charge on any atom is 0.308 e. The highest BCUT2D eigenvalue weighted by molar-refractivity contribution is 7.89. The van der Waals surface area contributed by atoms with Gasteiger partial charge in [-0.05, 0) is 49.6 Å². The van der Waals surface area contributed by atoms with Crippen LogP contribution in [0.25, 0.3) is 10.2 Å². The van der Waals surface area contributed by atoms with Crippen LogP contribution in [0.1, 0.15) is 37.4 Å². The molecule has 0 unspecified atom stereocenters. The summed E-state index contributed by atoms with van der Waals surface area (Å²) in [5, 5.41) is 0. The van der Waals surface area contributed by atoms with Crippen molar-refractivity contribution in [3.05, 3.63) is 63.3 Å². The lowest BCUT2D eigenvalue weighted by molar-refractivity contribution is 0.566. The fourth-order valence-electron chi connectivity index (χ4n) is 3.09. The van der Waals surface area contributed by atoms with Crippen LogP contribution in [0.5, 0.6) is 0 Å². The fraction of sp³-hybridized carbons (Fsp3) is 0.316. The molecule has 1 aromatic heterocycles. The normalized spacial score (nSPS) is 13.2. The van der Waals surface area contributed by atoms with Gasteiger partial charge in [0.2, 0.25) is 10.0 Å². The van der Waals surface area contributed by atoms with Crippen LogP contribution < -0.4 is 9.60 Å². The van der Waals surface area contributed by atoms with Gasteiger partial charge < -0.3 is 0 Å². The van der Waals surface area contributed by atoms with Crippen LogP contribution >= 0.6 is 11.3 Å². The quantitative estimate of drug-likeness (QED) is 0.696. The van der Waals surface area contributed by atoms with Gasteiger partial charge in [0.15, 0.2) is 0 Å². The molecule has 1 heterocycles. The summed E-state index contributed by atoms with van der Waals surface area (Å²) in [6.07, 6.45) is 0.848. The summed E-state index contributed by atoms with van der Waals surface area (Å²) in [6.45, 7) is 6.42. The van der Waals surface area contributed by atoms with E-state index in [0.29, 0.717) is 11.2 Å². The zero-order valence-corrected chi connectivity index (χ0v) is 16.7. The number of thiazole rings is 1.